The van der Waals surface area contributed by atoms with Gasteiger partial charge in [-0.25, -0.2) is 0 Å². The van der Waals surface area contributed by atoms with Crippen LogP contribution in [0.5, 0.6) is 5.75 Å². The lowest BCUT2D eigenvalue weighted by molar-refractivity contribution is 0.144. The van der Waals surface area contributed by atoms with E-state index in [0.717, 1.165) is 11.3 Å². The molecule has 1 heterocycles. The smallest absolute Gasteiger partial charge is 0.125 e. The van der Waals surface area contributed by atoms with Gasteiger partial charge in [0, 0.05) is 11.6 Å². The highest BCUT2D eigenvalue weighted by Crippen LogP contribution is 2.33. The monoisotopic (exact) mass is 221 g/mol. The average molecular weight is 221 g/mol. The zero-order valence-electron chi connectivity index (χ0n) is 9.81. The molecule has 0 amide bonds. The number of ether oxygens (including phenoxy) is 1. The van der Waals surface area contributed by atoms with E-state index in [1.54, 1.807) is 0 Å². The van der Waals surface area contributed by atoms with Crippen LogP contribution in [0.4, 0.5) is 0 Å². The number of hydrogen-bond donors (Lipinski definition) is 2. The molecule has 0 spiro atoms. The Kier molecular flexibility index (Phi) is 3.17. The van der Waals surface area contributed by atoms with Crippen molar-refractivity contribution in [2.45, 2.75) is 38.3 Å². The van der Waals surface area contributed by atoms with Gasteiger partial charge in [0.05, 0.1) is 12.7 Å². The van der Waals surface area contributed by atoms with Crippen molar-refractivity contribution in [2.24, 2.45) is 5.73 Å². The maximum atomic E-state index is 10.1. The Morgan fingerprint density at radius 1 is 1.44 bits per heavy atom. The first-order chi connectivity index (χ1) is 7.59. The van der Waals surface area contributed by atoms with Crippen molar-refractivity contribution < 1.29 is 9.84 Å². The molecule has 1 aliphatic heterocycles. The quantitative estimate of drug-likeness (QED) is 0.762. The van der Waals surface area contributed by atoms with Crippen LogP contribution in [0.25, 0.3) is 0 Å². The molecule has 3 nitrogen and oxygen atoms in total. The van der Waals surface area contributed by atoms with Gasteiger partial charge in [-0.15, -0.1) is 0 Å². The van der Waals surface area contributed by atoms with Crippen molar-refractivity contribution in [1.29, 1.82) is 0 Å². The van der Waals surface area contributed by atoms with E-state index < -0.39 is 6.10 Å². The van der Waals surface area contributed by atoms with Crippen LogP contribution in [0, 0.1) is 0 Å². The highest BCUT2D eigenvalue weighted by atomic mass is 16.5. The molecule has 16 heavy (non-hydrogen) atoms. The molecule has 0 aliphatic carbocycles. The molecule has 2 rings (SSSR count). The Morgan fingerprint density at radius 3 is 2.88 bits per heavy atom. The van der Waals surface area contributed by atoms with Crippen molar-refractivity contribution in [2.75, 3.05) is 6.61 Å². The van der Waals surface area contributed by atoms with E-state index in [-0.39, 0.29) is 6.04 Å². The zero-order chi connectivity index (χ0) is 11.7. The highest BCUT2D eigenvalue weighted by molar-refractivity contribution is 5.41. The third-order valence-electron chi connectivity index (χ3n) is 3.13. The Hall–Kier alpha value is -1.06. The molecule has 1 aliphatic rings. The van der Waals surface area contributed by atoms with E-state index in [4.69, 9.17) is 10.5 Å². The van der Waals surface area contributed by atoms with E-state index in [2.05, 4.69) is 13.8 Å². The largest absolute Gasteiger partial charge is 0.493 e. The molecule has 1 aromatic rings. The first-order valence-corrected chi connectivity index (χ1v) is 5.80. The number of nitrogens with two attached hydrogens (primary N) is 1. The van der Waals surface area contributed by atoms with Crippen LogP contribution >= 0.6 is 0 Å². The number of fused-ring (bicyclic) bond motifs is 1. The van der Waals surface area contributed by atoms with Gasteiger partial charge in [-0.2, -0.15) is 0 Å². The average Bonchev–Trinajstić information content (AvgIpc) is 2.40. The Labute approximate surface area is 96.2 Å². The lowest BCUT2D eigenvalue weighted by atomic mass is 9.95. The second kappa shape index (κ2) is 4.44. The standard InChI is InChI=1S/C13H19NO2/c1-8(2)9-3-4-12-10(7-9)13(15)11(14)5-6-16-12/h3-4,7-8,11,13,15H,5-6,14H2,1-2H3/t11-,13-/m0/s1. The molecule has 0 unspecified atom stereocenters. The summed E-state index contributed by atoms with van der Waals surface area (Å²) in [4.78, 5) is 0. The number of hydrogen-bond acceptors (Lipinski definition) is 3. The summed E-state index contributed by atoms with van der Waals surface area (Å²) in [5.41, 5.74) is 7.92. The molecular weight excluding hydrogens is 202 g/mol. The van der Waals surface area contributed by atoms with E-state index >= 15 is 0 Å². The molecule has 0 radical (unpaired) electrons. The molecule has 3 N–H and O–H groups in total. The molecule has 0 fully saturated rings. The maximum absolute atomic E-state index is 10.1. The third-order valence-corrected chi connectivity index (χ3v) is 3.13. The van der Waals surface area contributed by atoms with Crippen molar-refractivity contribution in [3.05, 3.63) is 29.3 Å². The summed E-state index contributed by atoms with van der Waals surface area (Å²) in [5.74, 6) is 1.21. The molecular formula is C13H19NO2. The predicted molar refractivity (Wildman–Crippen MR) is 63.6 cm³/mol. The minimum absolute atomic E-state index is 0.233. The molecule has 88 valence electrons. The molecule has 0 saturated heterocycles. The molecule has 1 aromatic carbocycles. The van der Waals surface area contributed by atoms with Gasteiger partial charge in [0.2, 0.25) is 0 Å². The number of aliphatic hydroxyl groups excluding tert-OH is 1. The van der Waals surface area contributed by atoms with Crippen LogP contribution in [0.15, 0.2) is 18.2 Å². The van der Waals surface area contributed by atoms with Gasteiger partial charge in [0.15, 0.2) is 0 Å². The number of benzene rings is 1. The number of rotatable bonds is 1. The van der Waals surface area contributed by atoms with Crippen LogP contribution in [0.3, 0.4) is 0 Å². The molecule has 2 atom stereocenters. The SMILES string of the molecule is CC(C)c1ccc2c(c1)[C@H](O)[C@@H](N)CCO2. The fourth-order valence-electron chi connectivity index (χ4n) is 1.98. The van der Waals surface area contributed by atoms with Crippen molar-refractivity contribution in [1.82, 2.24) is 0 Å². The molecule has 0 aromatic heterocycles. The van der Waals surface area contributed by atoms with Crippen LogP contribution in [-0.2, 0) is 0 Å². The first kappa shape index (κ1) is 11.4. The highest BCUT2D eigenvalue weighted by Gasteiger charge is 2.24. The van der Waals surface area contributed by atoms with Gasteiger partial charge in [-0.1, -0.05) is 19.9 Å². The lowest BCUT2D eigenvalue weighted by Crippen LogP contribution is -2.28. The van der Waals surface area contributed by atoms with Crippen LogP contribution in [0.2, 0.25) is 0 Å². The van der Waals surface area contributed by atoms with E-state index in [0.29, 0.717) is 18.9 Å². The molecule has 0 saturated carbocycles. The number of aliphatic hydroxyl groups is 1. The Morgan fingerprint density at radius 2 is 2.19 bits per heavy atom. The van der Waals surface area contributed by atoms with Crippen LogP contribution in [-0.4, -0.2) is 17.8 Å². The van der Waals surface area contributed by atoms with Gasteiger partial charge in [-0.05, 0) is 30.0 Å². The fourth-order valence-corrected chi connectivity index (χ4v) is 1.98. The minimum atomic E-state index is -0.615. The van der Waals surface area contributed by atoms with E-state index in [9.17, 15) is 5.11 Å². The molecule has 0 bridgehead atoms. The van der Waals surface area contributed by atoms with Crippen molar-refractivity contribution >= 4 is 0 Å². The van der Waals surface area contributed by atoms with Crippen molar-refractivity contribution in [3.8, 4) is 5.75 Å². The van der Waals surface area contributed by atoms with Gasteiger partial charge < -0.3 is 15.6 Å². The third kappa shape index (κ3) is 2.06. The normalized spacial score (nSPS) is 24.8. The van der Waals surface area contributed by atoms with Crippen LogP contribution in [0.1, 0.15) is 43.4 Å². The summed E-state index contributed by atoms with van der Waals surface area (Å²) < 4.78 is 5.58. The zero-order valence-corrected chi connectivity index (χ0v) is 9.81. The van der Waals surface area contributed by atoms with Gasteiger partial charge in [-0.3, -0.25) is 0 Å². The Balaban J connectivity index is 2.42. The topological polar surface area (TPSA) is 55.5 Å². The molecule has 3 heteroatoms. The Bertz CT molecular complexity index is 376. The summed E-state index contributed by atoms with van der Waals surface area (Å²) in [6, 6.07) is 5.76. The lowest BCUT2D eigenvalue weighted by Gasteiger charge is -2.17. The summed E-state index contributed by atoms with van der Waals surface area (Å²) in [6.45, 7) is 4.84. The summed E-state index contributed by atoms with van der Waals surface area (Å²) >= 11 is 0. The summed E-state index contributed by atoms with van der Waals surface area (Å²) in [6.07, 6.45) is 0.0727. The second-order valence-electron chi connectivity index (χ2n) is 4.70. The van der Waals surface area contributed by atoms with Crippen molar-refractivity contribution in [3.63, 3.8) is 0 Å². The van der Waals surface area contributed by atoms with Crippen LogP contribution < -0.4 is 10.5 Å². The van der Waals surface area contributed by atoms with E-state index in [1.165, 1.54) is 5.56 Å². The van der Waals surface area contributed by atoms with Gasteiger partial charge >= 0.3 is 0 Å². The fraction of sp³-hybridized carbons (Fsp3) is 0.538. The van der Waals surface area contributed by atoms with Gasteiger partial charge in [0.25, 0.3) is 0 Å². The van der Waals surface area contributed by atoms with E-state index in [1.807, 2.05) is 18.2 Å². The maximum Gasteiger partial charge on any atom is 0.125 e. The van der Waals surface area contributed by atoms with Gasteiger partial charge in [0.1, 0.15) is 5.75 Å². The second-order valence-corrected chi connectivity index (χ2v) is 4.70. The first-order valence-electron chi connectivity index (χ1n) is 5.80. The summed E-state index contributed by atoms with van der Waals surface area (Å²) in [7, 11) is 0. The predicted octanol–water partition coefficient (Wildman–Crippen LogP) is 1.95. The minimum Gasteiger partial charge on any atom is -0.493 e. The summed E-state index contributed by atoms with van der Waals surface area (Å²) in [5, 5.41) is 10.1.